The van der Waals surface area contributed by atoms with Crippen molar-refractivity contribution in [1.82, 2.24) is 34.7 Å². The first kappa shape index (κ1) is 13.0. The molecule has 0 fully saturated rings. The highest BCUT2D eigenvalue weighted by molar-refractivity contribution is 5.81. The Morgan fingerprint density at radius 2 is 2.00 bits per heavy atom. The average Bonchev–Trinajstić information content (AvgIpc) is 3.32. The van der Waals surface area contributed by atoms with E-state index in [9.17, 15) is 0 Å². The topological polar surface area (TPSA) is 88.1 Å². The number of hydrogen-bond donors (Lipinski definition) is 2. The summed E-state index contributed by atoms with van der Waals surface area (Å²) in [5.41, 5.74) is 6.41. The van der Waals surface area contributed by atoms with Gasteiger partial charge in [0.2, 0.25) is 0 Å². The van der Waals surface area contributed by atoms with Crippen LogP contribution in [0.15, 0.2) is 49.1 Å². The number of H-pyrrole nitrogens is 2. The molecule has 0 aliphatic rings. The maximum Gasteiger partial charge on any atom is 0.165 e. The third-order valence-electron chi connectivity index (χ3n) is 4.13. The molecule has 0 atom stereocenters. The van der Waals surface area contributed by atoms with Crippen molar-refractivity contribution in [3.63, 3.8) is 0 Å². The van der Waals surface area contributed by atoms with Crippen molar-refractivity contribution in [3.8, 4) is 16.9 Å². The van der Waals surface area contributed by atoms with Crippen LogP contribution in [-0.4, -0.2) is 34.7 Å². The molecule has 4 aromatic heterocycles. The summed E-state index contributed by atoms with van der Waals surface area (Å²) >= 11 is 0. The van der Waals surface area contributed by atoms with Crippen molar-refractivity contribution >= 4 is 22.2 Å². The molecule has 0 saturated heterocycles. The number of nitrogens with zero attached hydrogens (tertiary/aromatic N) is 5. The molecule has 0 aliphatic carbocycles. The number of rotatable bonds is 2. The monoisotopic (exact) mass is 315 g/mol. The Kier molecular flexibility index (Phi) is 2.58. The van der Waals surface area contributed by atoms with Crippen LogP contribution >= 0.6 is 0 Å². The van der Waals surface area contributed by atoms with E-state index in [1.54, 1.807) is 12.5 Å². The van der Waals surface area contributed by atoms with Crippen molar-refractivity contribution in [2.75, 3.05) is 0 Å². The van der Waals surface area contributed by atoms with E-state index in [0.29, 0.717) is 0 Å². The minimum Gasteiger partial charge on any atom is -0.345 e. The van der Waals surface area contributed by atoms with Gasteiger partial charge in [0, 0.05) is 11.8 Å². The Hall–Kier alpha value is -3.48. The number of imidazole rings is 2. The fourth-order valence-corrected chi connectivity index (χ4v) is 2.99. The fraction of sp³-hybridized carbons (Fsp3) is 0.0588. The Bertz CT molecular complexity index is 1160. The molecule has 2 N–H and O–H groups in total. The zero-order valence-electron chi connectivity index (χ0n) is 12.9. The van der Waals surface area contributed by atoms with E-state index in [1.165, 1.54) is 0 Å². The van der Waals surface area contributed by atoms with Crippen molar-refractivity contribution in [3.05, 3.63) is 54.9 Å². The summed E-state index contributed by atoms with van der Waals surface area (Å²) < 4.78 is 2.05. The predicted octanol–water partition coefficient (Wildman–Crippen LogP) is 3.00. The molecule has 1 aromatic carbocycles. The van der Waals surface area contributed by atoms with Crippen LogP contribution in [0.25, 0.3) is 39.1 Å². The number of aromatic nitrogens is 7. The molecule has 7 heteroatoms. The summed E-state index contributed by atoms with van der Waals surface area (Å²) in [5.74, 6) is 0.886. The quantitative estimate of drug-likeness (QED) is 0.524. The van der Waals surface area contributed by atoms with Gasteiger partial charge in [0.1, 0.15) is 11.3 Å². The molecular formula is C17H13N7. The summed E-state index contributed by atoms with van der Waals surface area (Å²) in [6, 6.07) is 10.0. The molecule has 0 radical (unpaired) electrons. The van der Waals surface area contributed by atoms with Crippen molar-refractivity contribution in [2.45, 2.75) is 6.92 Å². The molecule has 0 saturated carbocycles. The van der Waals surface area contributed by atoms with Gasteiger partial charge in [-0.05, 0) is 37.3 Å². The third-order valence-corrected chi connectivity index (χ3v) is 4.13. The van der Waals surface area contributed by atoms with Gasteiger partial charge in [-0.15, -0.1) is 0 Å². The van der Waals surface area contributed by atoms with Gasteiger partial charge in [-0.3, -0.25) is 9.67 Å². The van der Waals surface area contributed by atoms with E-state index in [-0.39, 0.29) is 0 Å². The third kappa shape index (κ3) is 1.84. The van der Waals surface area contributed by atoms with E-state index >= 15 is 0 Å². The fourth-order valence-electron chi connectivity index (χ4n) is 2.99. The summed E-state index contributed by atoms with van der Waals surface area (Å²) in [7, 11) is 0. The number of fused-ring (bicyclic) bond motifs is 2. The summed E-state index contributed by atoms with van der Waals surface area (Å²) in [6.45, 7) is 1.98. The van der Waals surface area contributed by atoms with Crippen LogP contribution < -0.4 is 0 Å². The lowest BCUT2D eigenvalue weighted by molar-refractivity contribution is 0.989. The number of hydrogen-bond acceptors (Lipinski definition) is 4. The van der Waals surface area contributed by atoms with Gasteiger partial charge >= 0.3 is 0 Å². The molecule has 0 spiro atoms. The van der Waals surface area contributed by atoms with Crippen molar-refractivity contribution in [2.24, 2.45) is 0 Å². The van der Waals surface area contributed by atoms with Crippen LogP contribution in [0, 0.1) is 6.92 Å². The first-order valence-corrected chi connectivity index (χ1v) is 7.58. The molecule has 7 nitrogen and oxygen atoms in total. The highest BCUT2D eigenvalue weighted by Crippen LogP contribution is 2.25. The van der Waals surface area contributed by atoms with Crippen molar-refractivity contribution < 1.29 is 0 Å². The van der Waals surface area contributed by atoms with Crippen LogP contribution in [0.3, 0.4) is 0 Å². The van der Waals surface area contributed by atoms with E-state index in [4.69, 9.17) is 4.98 Å². The summed E-state index contributed by atoms with van der Waals surface area (Å²) in [5, 5.41) is 6.81. The molecule has 24 heavy (non-hydrogen) atoms. The average molecular weight is 315 g/mol. The molecule has 5 rings (SSSR count). The number of benzene rings is 1. The first-order valence-electron chi connectivity index (χ1n) is 7.58. The Labute approximate surface area is 136 Å². The van der Waals surface area contributed by atoms with Crippen LogP contribution in [-0.2, 0) is 0 Å². The Morgan fingerprint density at radius 1 is 1.04 bits per heavy atom. The smallest absolute Gasteiger partial charge is 0.165 e. The van der Waals surface area contributed by atoms with Gasteiger partial charge in [0.15, 0.2) is 5.65 Å². The maximum absolute atomic E-state index is 4.79. The highest BCUT2D eigenvalue weighted by atomic mass is 15.1. The van der Waals surface area contributed by atoms with E-state index in [1.807, 2.05) is 48.0 Å². The van der Waals surface area contributed by atoms with Gasteiger partial charge in [0.25, 0.3) is 0 Å². The van der Waals surface area contributed by atoms with E-state index in [2.05, 4.69) is 25.1 Å². The number of nitrogens with one attached hydrogen (secondary N) is 2. The molecule has 0 bridgehead atoms. The lowest BCUT2D eigenvalue weighted by Gasteiger charge is -2.07. The predicted molar refractivity (Wildman–Crippen MR) is 90.8 cm³/mol. The maximum atomic E-state index is 4.79. The van der Waals surface area contributed by atoms with Gasteiger partial charge in [0.05, 0.1) is 34.9 Å². The number of aryl methyl sites for hydroxylation is 1. The van der Waals surface area contributed by atoms with Crippen LogP contribution in [0.4, 0.5) is 0 Å². The zero-order chi connectivity index (χ0) is 16.1. The molecular weight excluding hydrogens is 302 g/mol. The first-order chi connectivity index (χ1) is 11.8. The Balaban J connectivity index is 1.77. The summed E-state index contributed by atoms with van der Waals surface area (Å²) in [4.78, 5) is 16.9. The molecule has 0 aliphatic heterocycles. The van der Waals surface area contributed by atoms with E-state index < -0.39 is 0 Å². The lowest BCUT2D eigenvalue weighted by atomic mass is 10.2. The van der Waals surface area contributed by atoms with Gasteiger partial charge in [-0.25, -0.2) is 15.0 Å². The molecule has 4 heterocycles. The Morgan fingerprint density at radius 3 is 2.88 bits per heavy atom. The molecule has 5 aromatic rings. The molecule has 0 amide bonds. The SMILES string of the molecule is Cc1nc2ccc(-c3cn[nH]c3)nc2n1-c1ccc2[nH]cnc2c1. The van der Waals surface area contributed by atoms with Crippen molar-refractivity contribution in [1.29, 1.82) is 0 Å². The van der Waals surface area contributed by atoms with E-state index in [0.717, 1.165) is 45.0 Å². The minimum atomic E-state index is 0.820. The van der Waals surface area contributed by atoms with Crippen LogP contribution in [0.5, 0.6) is 0 Å². The molecule has 0 unspecified atom stereocenters. The highest BCUT2D eigenvalue weighted by Gasteiger charge is 2.13. The standard InChI is InChI=1S/C17H13N7/c1-10-22-15-5-4-13(11-7-20-21-8-11)23-17(15)24(10)12-2-3-14-16(6-12)19-9-18-14/h2-9H,1H3,(H,18,19)(H,20,21). The second-order valence-corrected chi connectivity index (χ2v) is 5.62. The molecule has 116 valence electrons. The van der Waals surface area contributed by atoms with Gasteiger partial charge in [-0.1, -0.05) is 0 Å². The second kappa shape index (κ2) is 4.76. The second-order valence-electron chi connectivity index (χ2n) is 5.62. The summed E-state index contributed by atoms with van der Waals surface area (Å²) in [6.07, 6.45) is 5.29. The van der Waals surface area contributed by atoms with Gasteiger partial charge in [-0.2, -0.15) is 5.10 Å². The number of aromatic amines is 2. The lowest BCUT2D eigenvalue weighted by Crippen LogP contribution is -1.98. The largest absolute Gasteiger partial charge is 0.345 e. The minimum absolute atomic E-state index is 0.820. The van der Waals surface area contributed by atoms with Crippen LogP contribution in [0.1, 0.15) is 5.82 Å². The van der Waals surface area contributed by atoms with Gasteiger partial charge < -0.3 is 4.98 Å². The normalized spacial score (nSPS) is 11.5. The van der Waals surface area contributed by atoms with Crippen LogP contribution in [0.2, 0.25) is 0 Å². The number of pyridine rings is 1. The zero-order valence-corrected chi connectivity index (χ0v) is 12.9.